The lowest BCUT2D eigenvalue weighted by Crippen LogP contribution is -2.45. The van der Waals surface area contributed by atoms with Crippen molar-refractivity contribution in [3.8, 4) is 0 Å². The van der Waals surface area contributed by atoms with E-state index < -0.39 is 5.60 Å². The molecule has 6 rings (SSSR count). The zero-order valence-electron chi connectivity index (χ0n) is 18.4. The summed E-state index contributed by atoms with van der Waals surface area (Å²) < 4.78 is 5.84. The Kier molecular flexibility index (Phi) is 4.68. The second kappa shape index (κ2) is 7.73. The van der Waals surface area contributed by atoms with E-state index >= 15 is 0 Å². The van der Waals surface area contributed by atoms with Gasteiger partial charge in [0.25, 0.3) is 0 Å². The van der Waals surface area contributed by atoms with Gasteiger partial charge in [0.05, 0.1) is 5.56 Å². The van der Waals surface area contributed by atoms with E-state index in [2.05, 4.69) is 54.6 Å². The maximum atomic E-state index is 13.2. The van der Waals surface area contributed by atoms with Gasteiger partial charge in [-0.15, -0.1) is 0 Å². The molecule has 1 saturated heterocycles. The van der Waals surface area contributed by atoms with E-state index in [1.165, 1.54) is 27.1 Å². The predicted octanol–water partition coefficient (Wildman–Crippen LogP) is 5.61. The first kappa shape index (κ1) is 20.0. The van der Waals surface area contributed by atoms with E-state index in [-0.39, 0.29) is 11.9 Å². The maximum absolute atomic E-state index is 13.2. The molecule has 0 aliphatic carbocycles. The molecule has 1 spiro atoms. The van der Waals surface area contributed by atoms with Crippen molar-refractivity contribution in [2.75, 3.05) is 13.1 Å². The van der Waals surface area contributed by atoms with Gasteiger partial charge in [-0.05, 0) is 45.7 Å². The molecule has 0 N–H and O–H groups in total. The Morgan fingerprint density at radius 1 is 0.848 bits per heavy atom. The van der Waals surface area contributed by atoms with Gasteiger partial charge in [0.2, 0.25) is 5.91 Å². The third-order valence-electron chi connectivity index (χ3n) is 7.32. The number of nitrogens with zero attached hydrogens (tertiary/aromatic N) is 1. The molecule has 0 radical (unpaired) electrons. The first-order valence-electron chi connectivity index (χ1n) is 11.6. The molecule has 4 heteroatoms. The summed E-state index contributed by atoms with van der Waals surface area (Å²) in [4.78, 5) is 27.4. The number of aryl methyl sites for hydroxylation is 1. The minimum Gasteiger partial charge on any atom is -0.450 e. The number of carbonyl (C=O) groups is 2. The minimum atomic E-state index is -0.573. The lowest BCUT2D eigenvalue weighted by molar-refractivity contribution is -0.135. The summed E-state index contributed by atoms with van der Waals surface area (Å²) in [5, 5.41) is 4.85. The molecule has 33 heavy (non-hydrogen) atoms. The number of esters is 1. The van der Waals surface area contributed by atoms with Crippen LogP contribution in [0.3, 0.4) is 0 Å². The average molecular weight is 436 g/mol. The fourth-order valence-electron chi connectivity index (χ4n) is 5.60. The van der Waals surface area contributed by atoms with Gasteiger partial charge in [0.1, 0.15) is 5.60 Å². The Labute approximate surface area is 192 Å². The molecule has 2 aliphatic heterocycles. The predicted molar refractivity (Wildman–Crippen MR) is 129 cm³/mol. The van der Waals surface area contributed by atoms with Gasteiger partial charge in [-0.1, -0.05) is 66.7 Å². The van der Waals surface area contributed by atoms with Crippen molar-refractivity contribution in [2.24, 2.45) is 0 Å². The lowest BCUT2D eigenvalue weighted by atomic mass is 9.83. The monoisotopic (exact) mass is 435 g/mol. The number of hydrogen-bond acceptors (Lipinski definition) is 3. The highest BCUT2D eigenvalue weighted by atomic mass is 16.6. The standard InChI is InChI=1S/C29H25NO3/c31-27(30-17-15-29(16-18-30)26-12-6-5-11-25(26)28(32)33-29)14-13-24-22-9-3-1-7-20(22)19-21-8-2-4-10-23(21)24/h1-12,19H,13-18H2. The number of piperidine rings is 1. The number of amides is 1. The topological polar surface area (TPSA) is 46.6 Å². The Morgan fingerprint density at radius 2 is 1.45 bits per heavy atom. The number of fused-ring (bicyclic) bond motifs is 4. The summed E-state index contributed by atoms with van der Waals surface area (Å²) in [5.41, 5.74) is 2.31. The number of carbonyl (C=O) groups excluding carboxylic acids is 2. The molecule has 2 aliphatic rings. The molecular formula is C29H25NO3. The van der Waals surface area contributed by atoms with Crippen LogP contribution in [0.25, 0.3) is 21.5 Å². The molecule has 0 bridgehead atoms. The van der Waals surface area contributed by atoms with Gasteiger partial charge in [0, 0.05) is 37.9 Å². The Balaban J connectivity index is 1.20. The third kappa shape index (κ3) is 3.29. The Hall–Kier alpha value is -3.66. The second-order valence-electron chi connectivity index (χ2n) is 9.11. The highest BCUT2D eigenvalue weighted by Gasteiger charge is 2.47. The Bertz CT molecular complexity index is 1340. The maximum Gasteiger partial charge on any atom is 0.339 e. The van der Waals surface area contributed by atoms with E-state index in [0.29, 0.717) is 44.3 Å². The normalized spacial score (nSPS) is 16.8. The summed E-state index contributed by atoms with van der Waals surface area (Å²) >= 11 is 0. The average Bonchev–Trinajstić information content (AvgIpc) is 3.13. The number of rotatable bonds is 3. The summed E-state index contributed by atoms with van der Waals surface area (Å²) in [6.45, 7) is 1.22. The SMILES string of the molecule is O=C1OC2(CCN(C(=O)CCc3c4ccccc4cc4ccccc34)CC2)c2ccccc21. The van der Waals surface area contributed by atoms with Gasteiger partial charge < -0.3 is 9.64 Å². The van der Waals surface area contributed by atoms with Crippen molar-refractivity contribution in [3.05, 3.63) is 95.6 Å². The van der Waals surface area contributed by atoms with Crippen LogP contribution < -0.4 is 0 Å². The van der Waals surface area contributed by atoms with Crippen molar-refractivity contribution in [2.45, 2.75) is 31.3 Å². The number of likely N-dealkylation sites (tertiary alicyclic amines) is 1. The van der Waals surface area contributed by atoms with E-state index in [4.69, 9.17) is 4.74 Å². The molecular weight excluding hydrogens is 410 g/mol. The molecule has 4 nitrogen and oxygen atoms in total. The number of benzene rings is 4. The van der Waals surface area contributed by atoms with E-state index in [0.717, 1.165) is 5.56 Å². The van der Waals surface area contributed by atoms with Crippen LogP contribution in [-0.2, 0) is 21.6 Å². The summed E-state index contributed by atoms with van der Waals surface area (Å²) in [6.07, 6.45) is 2.49. The molecule has 1 fully saturated rings. The molecule has 0 unspecified atom stereocenters. The van der Waals surface area contributed by atoms with Crippen LogP contribution in [0.2, 0.25) is 0 Å². The van der Waals surface area contributed by atoms with Crippen LogP contribution in [0.1, 0.15) is 40.7 Å². The van der Waals surface area contributed by atoms with E-state index in [9.17, 15) is 9.59 Å². The van der Waals surface area contributed by atoms with Crippen molar-refractivity contribution in [1.29, 1.82) is 0 Å². The molecule has 4 aromatic rings. The highest BCUT2D eigenvalue weighted by Crippen LogP contribution is 2.44. The number of ether oxygens (including phenoxy) is 1. The molecule has 0 atom stereocenters. The van der Waals surface area contributed by atoms with Gasteiger partial charge in [-0.3, -0.25) is 4.79 Å². The summed E-state index contributed by atoms with van der Waals surface area (Å²) in [6, 6.07) is 26.7. The Morgan fingerprint density at radius 3 is 2.15 bits per heavy atom. The van der Waals surface area contributed by atoms with Gasteiger partial charge in [-0.25, -0.2) is 4.79 Å². The largest absolute Gasteiger partial charge is 0.450 e. The molecule has 4 aromatic carbocycles. The van der Waals surface area contributed by atoms with E-state index in [1.54, 1.807) is 0 Å². The van der Waals surface area contributed by atoms with Crippen LogP contribution in [0, 0.1) is 0 Å². The van der Waals surface area contributed by atoms with Crippen LogP contribution in [-0.4, -0.2) is 29.9 Å². The third-order valence-corrected chi connectivity index (χ3v) is 7.32. The van der Waals surface area contributed by atoms with Crippen molar-refractivity contribution in [1.82, 2.24) is 4.90 Å². The van der Waals surface area contributed by atoms with Crippen molar-refractivity contribution < 1.29 is 14.3 Å². The highest BCUT2D eigenvalue weighted by molar-refractivity contribution is 6.02. The van der Waals surface area contributed by atoms with Crippen LogP contribution in [0.4, 0.5) is 0 Å². The molecule has 0 aromatic heterocycles. The first-order chi connectivity index (χ1) is 16.1. The fraction of sp³-hybridized carbons (Fsp3) is 0.241. The van der Waals surface area contributed by atoms with Crippen molar-refractivity contribution in [3.63, 3.8) is 0 Å². The quantitative estimate of drug-likeness (QED) is 0.310. The smallest absolute Gasteiger partial charge is 0.339 e. The van der Waals surface area contributed by atoms with Gasteiger partial charge >= 0.3 is 5.97 Å². The first-order valence-corrected chi connectivity index (χ1v) is 11.6. The van der Waals surface area contributed by atoms with E-state index in [1.807, 2.05) is 29.2 Å². The second-order valence-corrected chi connectivity index (χ2v) is 9.11. The number of hydrogen-bond donors (Lipinski definition) is 0. The summed E-state index contributed by atoms with van der Waals surface area (Å²) in [5.74, 6) is -0.0762. The molecule has 1 amide bonds. The minimum absolute atomic E-state index is 0.166. The summed E-state index contributed by atoms with van der Waals surface area (Å²) in [7, 11) is 0. The van der Waals surface area contributed by atoms with Crippen molar-refractivity contribution >= 4 is 33.4 Å². The van der Waals surface area contributed by atoms with Crippen LogP contribution >= 0.6 is 0 Å². The molecule has 164 valence electrons. The van der Waals surface area contributed by atoms with Crippen LogP contribution in [0.15, 0.2) is 78.9 Å². The zero-order valence-corrected chi connectivity index (χ0v) is 18.4. The fourth-order valence-corrected chi connectivity index (χ4v) is 5.60. The van der Waals surface area contributed by atoms with Gasteiger partial charge in [-0.2, -0.15) is 0 Å². The molecule has 2 heterocycles. The lowest BCUT2D eigenvalue weighted by Gasteiger charge is -2.38. The zero-order chi connectivity index (χ0) is 22.4. The van der Waals surface area contributed by atoms with Gasteiger partial charge in [0.15, 0.2) is 0 Å². The van der Waals surface area contributed by atoms with Crippen LogP contribution in [0.5, 0.6) is 0 Å². The molecule has 0 saturated carbocycles.